The molecule has 1 aromatic carbocycles. The molecule has 102 valence electrons. The Morgan fingerprint density at radius 2 is 1.80 bits per heavy atom. The third kappa shape index (κ3) is 3.41. The molecule has 0 aliphatic rings. The van der Waals surface area contributed by atoms with Crippen molar-refractivity contribution in [1.82, 2.24) is 4.98 Å². The summed E-state index contributed by atoms with van der Waals surface area (Å²) in [5.41, 5.74) is 0.778. The van der Waals surface area contributed by atoms with Crippen LogP contribution in [0.1, 0.15) is 20.7 Å². The van der Waals surface area contributed by atoms with Crippen LogP contribution in [0, 0.1) is 0 Å². The number of methoxy groups -OCH3 is 1. The fourth-order valence-electron chi connectivity index (χ4n) is 1.54. The van der Waals surface area contributed by atoms with E-state index >= 15 is 0 Å². The fourth-order valence-corrected chi connectivity index (χ4v) is 1.54. The van der Waals surface area contributed by atoms with Crippen LogP contribution in [0.2, 0.25) is 0 Å². The number of Topliss-reactive ketones (excluding diaryl/α,β-unsaturated/α-hetero) is 1. The van der Waals surface area contributed by atoms with Crippen molar-refractivity contribution in [2.45, 2.75) is 0 Å². The van der Waals surface area contributed by atoms with Crippen molar-refractivity contribution in [2.75, 3.05) is 13.7 Å². The lowest BCUT2D eigenvalue weighted by Crippen LogP contribution is -2.14. The third-order valence-electron chi connectivity index (χ3n) is 2.61. The Labute approximate surface area is 116 Å². The topological polar surface area (TPSA) is 65.5 Å². The number of rotatable bonds is 5. The molecule has 2 aromatic rings. The summed E-state index contributed by atoms with van der Waals surface area (Å²) in [6, 6.07) is 11.7. The average Bonchev–Trinajstić information content (AvgIpc) is 2.53. The second kappa shape index (κ2) is 6.47. The molecule has 0 bridgehead atoms. The van der Waals surface area contributed by atoms with Crippen LogP contribution in [0.25, 0.3) is 0 Å². The first kappa shape index (κ1) is 13.7. The monoisotopic (exact) mass is 271 g/mol. The van der Waals surface area contributed by atoms with Gasteiger partial charge in [0.25, 0.3) is 0 Å². The Bertz CT molecular complexity index is 593. The molecule has 0 saturated heterocycles. The van der Waals surface area contributed by atoms with E-state index in [-0.39, 0.29) is 18.0 Å². The van der Waals surface area contributed by atoms with Gasteiger partial charge >= 0.3 is 5.97 Å². The lowest BCUT2D eigenvalue weighted by atomic mass is 10.1. The number of carbonyl (C=O) groups is 2. The quantitative estimate of drug-likeness (QED) is 0.615. The zero-order valence-electron chi connectivity index (χ0n) is 10.9. The van der Waals surface area contributed by atoms with E-state index in [2.05, 4.69) is 4.98 Å². The predicted molar refractivity (Wildman–Crippen MR) is 71.8 cm³/mol. The molecule has 1 heterocycles. The number of pyridine rings is 1. The minimum atomic E-state index is -0.593. The maximum Gasteiger partial charge on any atom is 0.340 e. The lowest BCUT2D eigenvalue weighted by molar-refractivity contribution is 0.0474. The van der Waals surface area contributed by atoms with Crippen LogP contribution < -0.4 is 4.74 Å². The molecule has 20 heavy (non-hydrogen) atoms. The molecule has 0 saturated carbocycles. The van der Waals surface area contributed by atoms with Gasteiger partial charge in [0.15, 0.2) is 12.4 Å². The maximum atomic E-state index is 11.8. The first-order chi connectivity index (χ1) is 9.70. The van der Waals surface area contributed by atoms with Gasteiger partial charge in [-0.05, 0) is 6.07 Å². The van der Waals surface area contributed by atoms with Crippen LogP contribution in [0.3, 0.4) is 0 Å². The summed E-state index contributed by atoms with van der Waals surface area (Å²) in [6.45, 7) is -0.297. The molecule has 2 rings (SSSR count). The van der Waals surface area contributed by atoms with Gasteiger partial charge in [0.2, 0.25) is 5.88 Å². The van der Waals surface area contributed by atoms with E-state index in [0.29, 0.717) is 11.4 Å². The van der Waals surface area contributed by atoms with E-state index in [4.69, 9.17) is 9.47 Å². The molecular weight excluding hydrogens is 258 g/mol. The van der Waals surface area contributed by atoms with Gasteiger partial charge in [-0.2, -0.15) is 0 Å². The van der Waals surface area contributed by atoms with Crippen molar-refractivity contribution < 1.29 is 19.1 Å². The Morgan fingerprint density at radius 1 is 1.05 bits per heavy atom. The van der Waals surface area contributed by atoms with Crippen LogP contribution >= 0.6 is 0 Å². The maximum absolute atomic E-state index is 11.8. The number of esters is 1. The van der Waals surface area contributed by atoms with Gasteiger partial charge in [0, 0.05) is 17.8 Å². The number of ether oxygens (including phenoxy) is 2. The zero-order chi connectivity index (χ0) is 14.4. The highest BCUT2D eigenvalue weighted by Crippen LogP contribution is 2.08. The Morgan fingerprint density at radius 3 is 2.40 bits per heavy atom. The Balaban J connectivity index is 1.93. The normalized spacial score (nSPS) is 9.85. The summed E-state index contributed by atoms with van der Waals surface area (Å²) >= 11 is 0. The van der Waals surface area contributed by atoms with Gasteiger partial charge in [0.1, 0.15) is 0 Å². The van der Waals surface area contributed by atoms with Crippen molar-refractivity contribution >= 4 is 11.8 Å². The highest BCUT2D eigenvalue weighted by Gasteiger charge is 2.12. The first-order valence-corrected chi connectivity index (χ1v) is 5.96. The molecule has 5 heteroatoms. The van der Waals surface area contributed by atoms with Gasteiger partial charge in [0.05, 0.1) is 12.7 Å². The summed E-state index contributed by atoms with van der Waals surface area (Å²) in [6.07, 6.45) is 1.34. The van der Waals surface area contributed by atoms with Gasteiger partial charge in [-0.15, -0.1) is 0 Å². The molecule has 5 nitrogen and oxygen atoms in total. The second-order valence-corrected chi connectivity index (χ2v) is 3.95. The smallest absolute Gasteiger partial charge is 0.340 e. The number of carbonyl (C=O) groups excluding carboxylic acids is 2. The molecule has 0 radical (unpaired) electrons. The van der Waals surface area contributed by atoms with E-state index in [1.807, 2.05) is 6.07 Å². The summed E-state index contributed by atoms with van der Waals surface area (Å²) in [5.74, 6) is -0.438. The molecule has 0 spiro atoms. The van der Waals surface area contributed by atoms with Crippen molar-refractivity contribution in [1.29, 1.82) is 0 Å². The van der Waals surface area contributed by atoms with E-state index in [0.717, 1.165) is 0 Å². The third-order valence-corrected chi connectivity index (χ3v) is 2.61. The second-order valence-electron chi connectivity index (χ2n) is 3.95. The number of ketones is 1. The molecule has 0 aliphatic heterocycles. The Hall–Kier alpha value is -2.69. The van der Waals surface area contributed by atoms with Crippen molar-refractivity contribution in [2.24, 2.45) is 0 Å². The average molecular weight is 271 g/mol. The highest BCUT2D eigenvalue weighted by atomic mass is 16.5. The minimum Gasteiger partial charge on any atom is -0.481 e. The SMILES string of the molecule is COc1ccc(C(=O)OCC(=O)c2ccccc2)cn1. The molecule has 0 fully saturated rings. The van der Waals surface area contributed by atoms with Crippen molar-refractivity contribution in [3.05, 3.63) is 59.8 Å². The van der Waals surface area contributed by atoms with Crippen molar-refractivity contribution in [3.63, 3.8) is 0 Å². The standard InChI is InChI=1S/C15H13NO4/c1-19-14-8-7-12(9-16-14)15(18)20-10-13(17)11-5-3-2-4-6-11/h2-9H,10H2,1H3. The van der Waals surface area contributed by atoms with E-state index < -0.39 is 5.97 Å². The van der Waals surface area contributed by atoms with E-state index in [1.165, 1.54) is 19.4 Å². The summed E-state index contributed by atoms with van der Waals surface area (Å²) in [4.78, 5) is 27.4. The van der Waals surface area contributed by atoms with E-state index in [1.54, 1.807) is 30.3 Å². The largest absolute Gasteiger partial charge is 0.481 e. The molecule has 0 aliphatic carbocycles. The lowest BCUT2D eigenvalue weighted by Gasteiger charge is -2.04. The van der Waals surface area contributed by atoms with Gasteiger partial charge in [-0.1, -0.05) is 30.3 Å². The molecule has 0 atom stereocenters. The molecular formula is C15H13NO4. The molecule has 0 amide bonds. The van der Waals surface area contributed by atoms with Gasteiger partial charge < -0.3 is 9.47 Å². The molecule has 0 unspecified atom stereocenters. The number of aromatic nitrogens is 1. The highest BCUT2D eigenvalue weighted by molar-refractivity contribution is 5.99. The predicted octanol–water partition coefficient (Wildman–Crippen LogP) is 2.13. The Kier molecular flexibility index (Phi) is 4.44. The number of benzene rings is 1. The summed E-state index contributed by atoms with van der Waals surface area (Å²) in [7, 11) is 1.48. The number of hydrogen-bond donors (Lipinski definition) is 0. The first-order valence-electron chi connectivity index (χ1n) is 5.96. The van der Waals surface area contributed by atoms with Gasteiger partial charge in [-0.25, -0.2) is 9.78 Å². The van der Waals surface area contributed by atoms with E-state index in [9.17, 15) is 9.59 Å². The van der Waals surface area contributed by atoms with Crippen molar-refractivity contribution in [3.8, 4) is 5.88 Å². The van der Waals surface area contributed by atoms with Crippen LogP contribution in [0.15, 0.2) is 48.7 Å². The minimum absolute atomic E-state index is 0.250. The summed E-state index contributed by atoms with van der Waals surface area (Å²) < 4.78 is 9.84. The van der Waals surface area contributed by atoms with Crippen LogP contribution in [0.5, 0.6) is 5.88 Å². The summed E-state index contributed by atoms with van der Waals surface area (Å²) in [5, 5.41) is 0. The number of nitrogens with zero attached hydrogens (tertiary/aromatic N) is 1. The van der Waals surface area contributed by atoms with Gasteiger partial charge in [-0.3, -0.25) is 4.79 Å². The van der Waals surface area contributed by atoms with Crippen LogP contribution in [-0.2, 0) is 4.74 Å². The van der Waals surface area contributed by atoms with Crippen LogP contribution in [0.4, 0.5) is 0 Å². The zero-order valence-corrected chi connectivity index (χ0v) is 10.9. The fraction of sp³-hybridized carbons (Fsp3) is 0.133. The van der Waals surface area contributed by atoms with Crippen LogP contribution in [-0.4, -0.2) is 30.5 Å². The number of hydrogen-bond acceptors (Lipinski definition) is 5. The molecule has 1 aromatic heterocycles. The molecule has 0 N–H and O–H groups in total.